The maximum Gasteiger partial charge on any atom is 0.355 e. The van der Waals surface area contributed by atoms with Crippen molar-refractivity contribution >= 4 is 82.6 Å². The van der Waals surface area contributed by atoms with Gasteiger partial charge in [-0.15, -0.1) is 0 Å². The first-order valence-electron chi connectivity index (χ1n) is 28.9. The largest absolute Gasteiger partial charge is 0.507 e. The number of ether oxygens (including phenoxy) is 5. The van der Waals surface area contributed by atoms with Gasteiger partial charge in [0.15, 0.2) is 29.2 Å². The molecule has 6 aliphatic rings. The topological polar surface area (TPSA) is 358 Å². The Morgan fingerprint density at radius 2 is 1.61 bits per heavy atom. The van der Waals surface area contributed by atoms with Crippen molar-refractivity contribution in [2.45, 2.75) is 132 Å². The molecule has 0 saturated carbocycles. The molecule has 26 heteroatoms. The third-order valence-electron chi connectivity index (χ3n) is 16.3. The fourth-order valence-electron chi connectivity index (χ4n) is 11.0. The Labute approximate surface area is 502 Å². The van der Waals surface area contributed by atoms with E-state index >= 15 is 9.59 Å². The summed E-state index contributed by atoms with van der Waals surface area (Å²) in [7, 11) is -4.99. The van der Waals surface area contributed by atoms with Crippen LogP contribution in [-0.4, -0.2) is 146 Å². The number of ketones is 1. The fourth-order valence-corrected chi connectivity index (χ4v) is 11.5. The summed E-state index contributed by atoms with van der Waals surface area (Å²) >= 11 is 0. The smallest absolute Gasteiger partial charge is 0.355 e. The maximum atomic E-state index is 15.2. The number of aromatic nitrogens is 1. The summed E-state index contributed by atoms with van der Waals surface area (Å²) in [4.78, 5) is 135. The lowest BCUT2D eigenvalue weighted by atomic mass is 9.77. The van der Waals surface area contributed by atoms with Gasteiger partial charge in [-0.3, -0.25) is 43.0 Å². The van der Waals surface area contributed by atoms with E-state index in [9.17, 15) is 58.4 Å². The average molecular weight is 1230 g/mol. The molecular weight excluding hydrogens is 1150 g/mol. The molecule has 0 spiro atoms. The van der Waals surface area contributed by atoms with E-state index < -0.39 is 138 Å². The van der Waals surface area contributed by atoms with Crippen LogP contribution in [0.5, 0.6) is 17.2 Å². The van der Waals surface area contributed by atoms with Crippen molar-refractivity contribution < 1.29 is 91.3 Å². The maximum absolute atomic E-state index is 15.2. The van der Waals surface area contributed by atoms with Crippen molar-refractivity contribution in [3.63, 3.8) is 0 Å². The number of nitrogens with one attached hydrogen (secondary N) is 2. The molecule has 1 saturated heterocycles. The van der Waals surface area contributed by atoms with Crippen LogP contribution in [0.4, 0.5) is 11.4 Å². The highest BCUT2D eigenvalue weighted by atomic mass is 31.2. The highest BCUT2D eigenvalue weighted by Crippen LogP contribution is 2.51. The van der Waals surface area contributed by atoms with Gasteiger partial charge in [-0.25, -0.2) is 4.98 Å². The summed E-state index contributed by atoms with van der Waals surface area (Å²) in [5, 5.41) is 39.2. The minimum atomic E-state index is -4.99. The van der Waals surface area contributed by atoms with Crippen LogP contribution in [0.1, 0.15) is 111 Å². The number of allylic oxidation sites excluding steroid dienone is 3. The van der Waals surface area contributed by atoms with E-state index in [-0.39, 0.29) is 81.9 Å². The van der Waals surface area contributed by atoms with Crippen LogP contribution in [-0.2, 0) is 47.5 Å². The number of aliphatic hydroxyl groups is 2. The summed E-state index contributed by atoms with van der Waals surface area (Å²) in [5.74, 6) is -13.0. The fraction of sp³-hybridized carbons (Fsp3) is 0.525. The molecule has 5 heterocycles. The van der Waals surface area contributed by atoms with E-state index in [0.29, 0.717) is 37.8 Å². The third kappa shape index (κ3) is 15.1. The Morgan fingerprint density at radius 1 is 0.920 bits per heavy atom. The number of aromatic hydroxyl groups is 1. The van der Waals surface area contributed by atoms with E-state index in [1.165, 1.54) is 40.0 Å². The van der Waals surface area contributed by atoms with Gasteiger partial charge in [-0.05, 0) is 44.1 Å². The van der Waals surface area contributed by atoms with Crippen LogP contribution in [0.15, 0.2) is 57.5 Å². The summed E-state index contributed by atoms with van der Waals surface area (Å²) in [5.41, 5.74) is -1.55. The zero-order chi connectivity index (χ0) is 64.1. The highest BCUT2D eigenvalue weighted by Gasteiger charge is 2.50. The summed E-state index contributed by atoms with van der Waals surface area (Å²) in [6.45, 7) is 21.4. The zero-order valence-corrected chi connectivity index (χ0v) is 51.5. The Hall–Kier alpha value is -7.54. The number of Topliss-reactive ketones (excluding diaryl/α,β-unsaturated/α-hetero) is 1. The molecule has 8 rings (SSSR count). The van der Waals surface area contributed by atoms with Gasteiger partial charge in [0.25, 0.3) is 11.7 Å². The number of aliphatic hydroxyl groups excluding tert-OH is 2. The second-order valence-corrected chi connectivity index (χ2v) is 25.1. The number of esters is 3. The third-order valence-corrected chi connectivity index (χ3v) is 17.2. The number of amides is 2. The van der Waals surface area contributed by atoms with Gasteiger partial charge < -0.3 is 73.5 Å². The highest BCUT2D eigenvalue weighted by molar-refractivity contribution is 7.53. The molecule has 5 aliphatic heterocycles. The molecule has 0 radical (unpaired) electrons. The first kappa shape index (κ1) is 67.0. The van der Waals surface area contributed by atoms with Crippen molar-refractivity contribution in [2.75, 3.05) is 49.5 Å². The van der Waals surface area contributed by atoms with Gasteiger partial charge in [0.05, 0.1) is 42.4 Å². The van der Waals surface area contributed by atoms with Gasteiger partial charge in [0.1, 0.15) is 34.5 Å². The van der Waals surface area contributed by atoms with E-state index in [2.05, 4.69) is 24.1 Å². The van der Waals surface area contributed by atoms with Gasteiger partial charge in [-0.2, -0.15) is 0 Å². The summed E-state index contributed by atoms with van der Waals surface area (Å²) in [6.07, 6.45) is 2.73. The number of carbonyl (C=O) groups is 7. The Bertz CT molecular complexity index is 3490. The number of anilines is 2. The second-order valence-electron chi connectivity index (χ2n) is 23.4. The lowest BCUT2D eigenvalue weighted by molar-refractivity contribution is -0.158. The average Bonchev–Trinajstić information content (AvgIpc) is 1.69. The Balaban J connectivity index is 1.35. The summed E-state index contributed by atoms with van der Waals surface area (Å²) < 4.78 is 47.7. The van der Waals surface area contributed by atoms with Crippen LogP contribution in [0.2, 0.25) is 0 Å². The van der Waals surface area contributed by atoms with Crippen LogP contribution in [0.25, 0.3) is 33.3 Å². The van der Waals surface area contributed by atoms with Gasteiger partial charge in [0, 0.05) is 112 Å². The minimum absolute atomic E-state index is 0.0421. The molecule has 87 heavy (non-hydrogen) atoms. The monoisotopic (exact) mass is 1230 g/mol. The number of hydrogen-bond donors (Lipinski definition) is 7. The van der Waals surface area contributed by atoms with E-state index in [1.54, 1.807) is 51.1 Å². The number of rotatable bonds is 15. The predicted octanol–water partition coefficient (Wildman–Crippen LogP) is 6.18. The number of fused-ring (bicyclic) bond motifs is 14. The normalized spacial score (nSPS) is 25.9. The van der Waals surface area contributed by atoms with Gasteiger partial charge in [-0.1, -0.05) is 66.7 Å². The number of piperazine rings is 1. The zero-order valence-electron chi connectivity index (χ0n) is 50.6. The van der Waals surface area contributed by atoms with Crippen LogP contribution < -0.4 is 30.4 Å². The van der Waals surface area contributed by atoms with Gasteiger partial charge >= 0.3 is 31.3 Å². The molecule has 0 aromatic heterocycles. The molecule has 1 unspecified atom stereocenters. The van der Waals surface area contributed by atoms with Crippen molar-refractivity contribution in [2.24, 2.45) is 35.5 Å². The van der Waals surface area contributed by atoms with Crippen molar-refractivity contribution in [3.8, 4) is 28.7 Å². The SMILES string of the molecule is CC(=O)O[C@H]1[C@H](C)[C@H](O)[C@H](C)[C@@H](O)[C@@H](C)/C=C/C=C(/C)C(=O)Nc2c3oc4cc(N5CCN(CC(C)C)CC5)cc(OC(=O)CCCOC(=O)CCC(=O)NC(C=O)P(=O)(O)O)c4nc-3c3c4c(c(C)c(O)c3c2=O)O[C@](C)(O/C=C/[C@H](C)[C@H]1C)C4=O. The predicted molar refractivity (Wildman–Crippen MR) is 318 cm³/mol. The molecule has 5 bridgehead atoms. The minimum Gasteiger partial charge on any atom is -0.507 e. The molecule has 1 fully saturated rings. The van der Waals surface area contributed by atoms with Crippen molar-refractivity contribution in [1.29, 1.82) is 0 Å². The molecule has 2 amide bonds. The van der Waals surface area contributed by atoms with E-state index in [4.69, 9.17) is 33.1 Å². The molecule has 2 aromatic rings. The molecular formula is C61H78N5O20P. The van der Waals surface area contributed by atoms with Gasteiger partial charge in [0.2, 0.25) is 11.3 Å². The molecule has 472 valence electrons. The van der Waals surface area contributed by atoms with Crippen LogP contribution >= 0.6 is 7.60 Å². The molecule has 10 atom stereocenters. The first-order chi connectivity index (χ1) is 40.9. The van der Waals surface area contributed by atoms with Crippen LogP contribution in [0, 0.1) is 42.4 Å². The van der Waals surface area contributed by atoms with E-state index in [1.807, 2.05) is 24.1 Å². The summed E-state index contributed by atoms with van der Waals surface area (Å²) in [6, 6.07) is 3.21. The number of phenols is 1. The molecule has 25 nitrogen and oxygen atoms in total. The van der Waals surface area contributed by atoms with E-state index in [0.717, 1.165) is 6.54 Å². The Kier molecular flexibility index (Phi) is 21.3. The Morgan fingerprint density at radius 3 is 2.25 bits per heavy atom. The number of hydrogen-bond acceptors (Lipinski definition) is 21. The van der Waals surface area contributed by atoms with Crippen molar-refractivity contribution in [3.05, 3.63) is 69.6 Å². The number of nitrogens with zero attached hydrogens (tertiary/aromatic N) is 3. The number of benzene rings is 3. The lowest BCUT2D eigenvalue weighted by Gasteiger charge is -2.37. The lowest BCUT2D eigenvalue weighted by Crippen LogP contribution is -2.47. The second kappa shape index (κ2) is 27.7. The molecule has 2 aromatic carbocycles. The van der Waals surface area contributed by atoms with Crippen molar-refractivity contribution in [1.82, 2.24) is 15.2 Å². The molecule has 7 N–H and O–H groups in total. The van der Waals surface area contributed by atoms with Crippen LogP contribution in [0.3, 0.4) is 0 Å². The number of phenolic OH excluding ortho intramolecular Hbond substituents is 1. The number of carbonyl (C=O) groups excluding carboxylic acids is 7. The standard InChI is InChI=1S/C61H78N5O20P/c1-30(2)28-65-20-22-66(23-21-65)39-26-40(84-45(71)16-13-24-81-44(70)18-17-42(69)62-43(29-67)87(78,79)80)49-41(27-39)85-58-50(63-49)46-47-54(74)37(9)57-48(46)59(76)61(11,86-57)82-25-19-31(3)34(6)56(83-38(10)68)36(8)53(73)35(7)52(72)32(4)14-12-15-33(5)60(77)64-51(58)55(47)75/h12,14-15,19,25-27,29-32,34-36,43,52-53,56,72-74H,13,16-18,20-24,28H2,1-11H3,(H,62,69)(H,64,77)(H2,78,79,80)/b14-12+,25-19+,33-15-/t31-,32-,34+,35+,36+,43?,52-,53+,56+,61-/m0/s1. The molecule has 1 aliphatic carbocycles. The first-order valence-corrected chi connectivity index (χ1v) is 30.6. The quantitative estimate of drug-likeness (QED) is 0.0133. The number of aldehydes is 1.